The molecule has 0 saturated carbocycles. The highest BCUT2D eigenvalue weighted by Gasteiger charge is 2.12. The molecule has 1 aliphatic rings. The van der Waals surface area contributed by atoms with Gasteiger partial charge in [-0.15, -0.1) is 0 Å². The molecule has 0 aromatic rings. The average molecular weight is 179 g/mol. The van der Waals surface area contributed by atoms with Crippen LogP contribution in [0.15, 0.2) is 22.8 Å². The van der Waals surface area contributed by atoms with E-state index in [1.165, 1.54) is 25.0 Å². The average Bonchev–Trinajstić information content (AvgIpc) is 2.03. The minimum atomic E-state index is 1.13. The van der Waals surface area contributed by atoms with E-state index >= 15 is 0 Å². The van der Waals surface area contributed by atoms with Gasteiger partial charge in [0, 0.05) is 13.1 Å². The largest absolute Gasteiger partial charge is 0.302 e. The Labute approximate surface area is 82.1 Å². The van der Waals surface area contributed by atoms with Gasteiger partial charge in [0.05, 0.1) is 0 Å². The van der Waals surface area contributed by atoms with Gasteiger partial charge in [-0.05, 0) is 39.3 Å². The zero-order chi connectivity index (χ0) is 9.84. The van der Waals surface area contributed by atoms with Crippen molar-refractivity contribution in [3.05, 3.63) is 22.8 Å². The van der Waals surface area contributed by atoms with Crippen molar-refractivity contribution in [1.82, 2.24) is 4.90 Å². The second-order valence-electron chi connectivity index (χ2n) is 4.19. The highest BCUT2D eigenvalue weighted by Crippen LogP contribution is 2.21. The van der Waals surface area contributed by atoms with E-state index in [-0.39, 0.29) is 0 Å². The molecule has 0 N–H and O–H groups in total. The Hall–Kier alpha value is -0.560. The van der Waals surface area contributed by atoms with E-state index in [4.69, 9.17) is 0 Å². The van der Waals surface area contributed by atoms with Gasteiger partial charge in [-0.3, -0.25) is 0 Å². The molecule has 0 fully saturated rings. The topological polar surface area (TPSA) is 3.24 Å². The fourth-order valence-corrected chi connectivity index (χ4v) is 1.87. The first-order chi connectivity index (χ1) is 6.13. The van der Waals surface area contributed by atoms with E-state index in [1.807, 2.05) is 0 Å². The van der Waals surface area contributed by atoms with E-state index in [9.17, 15) is 0 Å². The molecule has 1 aliphatic heterocycles. The van der Waals surface area contributed by atoms with Crippen LogP contribution >= 0.6 is 0 Å². The summed E-state index contributed by atoms with van der Waals surface area (Å²) in [7, 11) is 2.20. The maximum Gasteiger partial charge on any atom is 0.0230 e. The van der Waals surface area contributed by atoms with Crippen molar-refractivity contribution in [3.8, 4) is 0 Å². The van der Waals surface area contributed by atoms with Crippen LogP contribution in [-0.2, 0) is 0 Å². The summed E-state index contributed by atoms with van der Waals surface area (Å²) in [5, 5.41) is 0. The Bertz CT molecular complexity index is 232. The molecule has 0 radical (unpaired) electrons. The molecule has 0 bridgehead atoms. The van der Waals surface area contributed by atoms with Gasteiger partial charge in [0.1, 0.15) is 0 Å². The van der Waals surface area contributed by atoms with Gasteiger partial charge >= 0.3 is 0 Å². The maximum atomic E-state index is 2.40. The van der Waals surface area contributed by atoms with Gasteiger partial charge in [-0.1, -0.05) is 24.1 Å². The van der Waals surface area contributed by atoms with Crippen molar-refractivity contribution in [2.24, 2.45) is 0 Å². The van der Waals surface area contributed by atoms with E-state index in [0.717, 1.165) is 6.54 Å². The second kappa shape index (κ2) is 4.61. The van der Waals surface area contributed by atoms with Crippen molar-refractivity contribution < 1.29 is 0 Å². The molecule has 0 amide bonds. The highest BCUT2D eigenvalue weighted by molar-refractivity contribution is 5.31. The van der Waals surface area contributed by atoms with Crippen LogP contribution in [0.5, 0.6) is 0 Å². The Balaban J connectivity index is 2.84. The first kappa shape index (κ1) is 10.5. The number of likely N-dealkylation sites (N-methyl/N-ethyl adjacent to an activating group) is 1. The normalized spacial score (nSPS) is 19.1. The lowest BCUT2D eigenvalue weighted by Crippen LogP contribution is -2.27. The third-order valence-electron chi connectivity index (χ3n) is 2.58. The van der Waals surface area contributed by atoms with Crippen LogP contribution in [0.3, 0.4) is 0 Å². The van der Waals surface area contributed by atoms with Crippen molar-refractivity contribution in [1.29, 1.82) is 0 Å². The highest BCUT2D eigenvalue weighted by atomic mass is 15.1. The summed E-state index contributed by atoms with van der Waals surface area (Å²) in [6, 6.07) is 0. The quantitative estimate of drug-likeness (QED) is 0.630. The molecule has 0 aliphatic carbocycles. The summed E-state index contributed by atoms with van der Waals surface area (Å²) >= 11 is 0. The predicted octanol–water partition coefficient (Wildman–Crippen LogP) is 2.99. The summed E-state index contributed by atoms with van der Waals surface area (Å²) in [5.41, 5.74) is 4.62. The van der Waals surface area contributed by atoms with Gasteiger partial charge < -0.3 is 4.90 Å². The van der Waals surface area contributed by atoms with Gasteiger partial charge in [-0.2, -0.15) is 0 Å². The van der Waals surface area contributed by atoms with Crippen molar-refractivity contribution in [2.75, 3.05) is 20.1 Å². The molecule has 1 rings (SSSR count). The zero-order valence-corrected chi connectivity index (χ0v) is 9.35. The zero-order valence-electron chi connectivity index (χ0n) is 9.35. The Morgan fingerprint density at radius 2 is 2.15 bits per heavy atom. The van der Waals surface area contributed by atoms with Crippen LogP contribution in [0.2, 0.25) is 0 Å². The lowest BCUT2D eigenvalue weighted by Gasteiger charge is -2.26. The number of allylic oxidation sites excluding steroid dienone is 1. The number of rotatable bonds is 2. The summed E-state index contributed by atoms with van der Waals surface area (Å²) in [6.07, 6.45) is 4.81. The molecular weight excluding hydrogens is 158 g/mol. The summed E-state index contributed by atoms with van der Waals surface area (Å²) in [6.45, 7) is 8.97. The Morgan fingerprint density at radius 1 is 1.46 bits per heavy atom. The van der Waals surface area contributed by atoms with Crippen molar-refractivity contribution in [3.63, 3.8) is 0 Å². The van der Waals surface area contributed by atoms with Crippen LogP contribution in [0.1, 0.15) is 33.6 Å². The molecule has 0 atom stereocenters. The first-order valence-corrected chi connectivity index (χ1v) is 5.17. The van der Waals surface area contributed by atoms with Crippen molar-refractivity contribution in [2.45, 2.75) is 33.6 Å². The minimum absolute atomic E-state index is 1.13. The number of nitrogens with zero attached hydrogens (tertiary/aromatic N) is 1. The third kappa shape index (κ3) is 3.00. The molecule has 0 saturated heterocycles. The molecule has 0 unspecified atom stereocenters. The fourth-order valence-electron chi connectivity index (χ4n) is 1.87. The molecule has 0 spiro atoms. The molecule has 1 nitrogen and oxygen atoms in total. The first-order valence-electron chi connectivity index (χ1n) is 5.17. The standard InChI is InChI=1S/C12H21N/c1-5-11-6-7-13(4)9-12(11)8-10(2)3/h8H,5-7,9H2,1-4H3. The van der Waals surface area contributed by atoms with Gasteiger partial charge in [0.15, 0.2) is 0 Å². The maximum absolute atomic E-state index is 2.40. The van der Waals surface area contributed by atoms with Crippen LogP contribution in [-0.4, -0.2) is 25.0 Å². The third-order valence-corrected chi connectivity index (χ3v) is 2.58. The van der Waals surface area contributed by atoms with Crippen LogP contribution < -0.4 is 0 Å². The van der Waals surface area contributed by atoms with Crippen LogP contribution in [0.4, 0.5) is 0 Å². The lowest BCUT2D eigenvalue weighted by atomic mass is 9.97. The fraction of sp³-hybridized carbons (Fsp3) is 0.667. The van der Waals surface area contributed by atoms with E-state index < -0.39 is 0 Å². The molecule has 0 aromatic carbocycles. The monoisotopic (exact) mass is 179 g/mol. The summed E-state index contributed by atoms with van der Waals surface area (Å²) in [5.74, 6) is 0. The molecule has 1 heterocycles. The van der Waals surface area contributed by atoms with E-state index in [1.54, 1.807) is 11.1 Å². The van der Waals surface area contributed by atoms with Gasteiger partial charge in [0.25, 0.3) is 0 Å². The molecule has 74 valence electrons. The lowest BCUT2D eigenvalue weighted by molar-refractivity contribution is 0.349. The second-order valence-corrected chi connectivity index (χ2v) is 4.19. The van der Waals surface area contributed by atoms with Gasteiger partial charge in [-0.25, -0.2) is 0 Å². The van der Waals surface area contributed by atoms with Gasteiger partial charge in [0.2, 0.25) is 0 Å². The molecule has 0 aromatic heterocycles. The van der Waals surface area contributed by atoms with E-state index in [0.29, 0.717) is 0 Å². The summed E-state index contributed by atoms with van der Waals surface area (Å²) in [4.78, 5) is 2.40. The van der Waals surface area contributed by atoms with Crippen LogP contribution in [0, 0.1) is 0 Å². The number of hydrogen-bond donors (Lipinski definition) is 0. The molecular formula is C12H21N. The predicted molar refractivity (Wildman–Crippen MR) is 58.9 cm³/mol. The minimum Gasteiger partial charge on any atom is -0.302 e. The number of hydrogen-bond acceptors (Lipinski definition) is 1. The van der Waals surface area contributed by atoms with Crippen molar-refractivity contribution >= 4 is 0 Å². The van der Waals surface area contributed by atoms with E-state index in [2.05, 4.69) is 38.8 Å². The summed E-state index contributed by atoms with van der Waals surface area (Å²) < 4.78 is 0. The molecule has 1 heteroatoms. The Morgan fingerprint density at radius 3 is 2.69 bits per heavy atom. The Kier molecular flexibility index (Phi) is 3.73. The molecule has 13 heavy (non-hydrogen) atoms. The SMILES string of the molecule is CCC1=C(C=C(C)C)CN(C)CC1. The van der Waals surface area contributed by atoms with Crippen LogP contribution in [0.25, 0.3) is 0 Å². The smallest absolute Gasteiger partial charge is 0.0230 e.